The molecule has 1 heterocycles. The second kappa shape index (κ2) is 6.99. The van der Waals surface area contributed by atoms with Gasteiger partial charge in [-0.1, -0.05) is 30.7 Å². The molecular weight excluding hydrogens is 300 g/mol. The summed E-state index contributed by atoms with van der Waals surface area (Å²) in [4.78, 5) is 35.8. The molecule has 0 saturated carbocycles. The minimum atomic E-state index is -1.15. The number of carboxylic acid groups (broad SMARTS) is 1. The normalized spacial score (nSPS) is 13.5. The highest BCUT2D eigenvalue weighted by Gasteiger charge is 2.26. The van der Waals surface area contributed by atoms with Crippen LogP contribution in [0.3, 0.4) is 0 Å². The molecule has 0 bridgehead atoms. The topological polar surface area (TPSA) is 114 Å². The van der Waals surface area contributed by atoms with Crippen molar-refractivity contribution in [2.45, 2.75) is 38.8 Å². The van der Waals surface area contributed by atoms with Gasteiger partial charge in [0.15, 0.2) is 0 Å². The van der Waals surface area contributed by atoms with Crippen LogP contribution in [0.4, 0.5) is 0 Å². The van der Waals surface area contributed by atoms with Gasteiger partial charge < -0.3 is 10.4 Å². The summed E-state index contributed by atoms with van der Waals surface area (Å²) in [5, 5.41) is 19.4. The molecule has 0 fully saturated rings. The maximum atomic E-state index is 12.5. The van der Waals surface area contributed by atoms with E-state index in [1.807, 2.05) is 6.92 Å². The molecule has 2 aromatic rings. The summed E-state index contributed by atoms with van der Waals surface area (Å²) in [6.07, 6.45) is 0.978. The van der Waals surface area contributed by atoms with Crippen molar-refractivity contribution in [3.63, 3.8) is 0 Å². The molecule has 1 aromatic carbocycles. The molecule has 8 heteroatoms. The Hall–Kier alpha value is -2.77. The smallest absolute Gasteiger partial charge is 0.325 e. The molecule has 0 aliphatic heterocycles. The van der Waals surface area contributed by atoms with Gasteiger partial charge in [-0.3, -0.25) is 14.4 Å². The third-order valence-electron chi connectivity index (χ3n) is 3.48. The van der Waals surface area contributed by atoms with Crippen LogP contribution >= 0.6 is 0 Å². The molecule has 23 heavy (non-hydrogen) atoms. The zero-order chi connectivity index (χ0) is 17.0. The highest BCUT2D eigenvalue weighted by atomic mass is 16.4. The summed E-state index contributed by atoms with van der Waals surface area (Å²) in [6, 6.07) is 4.78. The van der Waals surface area contributed by atoms with Crippen molar-refractivity contribution in [2.24, 2.45) is 0 Å². The van der Waals surface area contributed by atoms with Gasteiger partial charge in [0.25, 0.3) is 5.56 Å². The van der Waals surface area contributed by atoms with Crippen LogP contribution in [0.2, 0.25) is 0 Å². The second-order valence-corrected chi connectivity index (χ2v) is 5.23. The van der Waals surface area contributed by atoms with Gasteiger partial charge in [0.2, 0.25) is 5.91 Å². The van der Waals surface area contributed by atoms with Gasteiger partial charge in [-0.15, -0.1) is 5.10 Å². The SMILES string of the molecule is CCC[C@@H](C(=O)N[C@@H](C)C(=O)O)n1nnc2ccccc2c1=O. The Balaban J connectivity index is 2.41. The predicted molar refractivity (Wildman–Crippen MR) is 83.0 cm³/mol. The van der Waals surface area contributed by atoms with E-state index in [4.69, 9.17) is 5.11 Å². The van der Waals surface area contributed by atoms with E-state index in [2.05, 4.69) is 15.6 Å². The van der Waals surface area contributed by atoms with Crippen molar-refractivity contribution in [1.29, 1.82) is 0 Å². The number of nitrogens with zero attached hydrogens (tertiary/aromatic N) is 3. The van der Waals surface area contributed by atoms with Crippen LogP contribution in [0.25, 0.3) is 10.9 Å². The molecule has 0 unspecified atom stereocenters. The van der Waals surface area contributed by atoms with E-state index < -0.39 is 29.5 Å². The predicted octanol–water partition coefficient (Wildman–Crippen LogP) is 0.722. The fourth-order valence-electron chi connectivity index (χ4n) is 2.22. The van der Waals surface area contributed by atoms with Gasteiger partial charge in [0, 0.05) is 0 Å². The first-order valence-corrected chi connectivity index (χ1v) is 7.33. The molecule has 2 rings (SSSR count). The third-order valence-corrected chi connectivity index (χ3v) is 3.48. The summed E-state index contributed by atoms with van der Waals surface area (Å²) in [7, 11) is 0. The minimum absolute atomic E-state index is 0.352. The van der Waals surface area contributed by atoms with E-state index in [0.717, 1.165) is 4.68 Å². The Morgan fingerprint density at radius 3 is 2.70 bits per heavy atom. The molecule has 8 nitrogen and oxygen atoms in total. The van der Waals surface area contributed by atoms with Crippen LogP contribution in [-0.2, 0) is 9.59 Å². The molecule has 2 N–H and O–H groups in total. The average Bonchev–Trinajstić information content (AvgIpc) is 2.53. The lowest BCUT2D eigenvalue weighted by Crippen LogP contribution is -2.45. The second-order valence-electron chi connectivity index (χ2n) is 5.23. The highest BCUT2D eigenvalue weighted by Crippen LogP contribution is 2.13. The van der Waals surface area contributed by atoms with Crippen molar-refractivity contribution in [3.8, 4) is 0 Å². The molecule has 2 atom stereocenters. The average molecular weight is 318 g/mol. The van der Waals surface area contributed by atoms with Gasteiger partial charge in [-0.05, 0) is 25.5 Å². The number of hydrogen-bond acceptors (Lipinski definition) is 5. The number of fused-ring (bicyclic) bond motifs is 1. The van der Waals surface area contributed by atoms with Crippen molar-refractivity contribution in [2.75, 3.05) is 0 Å². The number of hydrogen-bond donors (Lipinski definition) is 2. The third kappa shape index (κ3) is 3.53. The number of carbonyl (C=O) groups excluding carboxylic acids is 1. The van der Waals surface area contributed by atoms with E-state index >= 15 is 0 Å². The summed E-state index contributed by atoms with van der Waals surface area (Å²) < 4.78 is 1.02. The lowest BCUT2D eigenvalue weighted by atomic mass is 10.1. The zero-order valence-corrected chi connectivity index (χ0v) is 12.9. The van der Waals surface area contributed by atoms with Gasteiger partial charge in [0.05, 0.1) is 5.39 Å². The summed E-state index contributed by atoms with van der Waals surface area (Å²) in [5.41, 5.74) is 0.0236. The van der Waals surface area contributed by atoms with E-state index in [1.165, 1.54) is 6.92 Å². The van der Waals surface area contributed by atoms with E-state index in [9.17, 15) is 14.4 Å². The lowest BCUT2D eigenvalue weighted by molar-refractivity contribution is -0.141. The number of aromatic nitrogens is 3. The first kappa shape index (κ1) is 16.6. The summed E-state index contributed by atoms with van der Waals surface area (Å²) >= 11 is 0. The van der Waals surface area contributed by atoms with Gasteiger partial charge in [-0.25, -0.2) is 0 Å². The summed E-state index contributed by atoms with van der Waals surface area (Å²) in [6.45, 7) is 3.22. The molecule has 0 saturated heterocycles. The highest BCUT2D eigenvalue weighted by molar-refractivity contribution is 5.86. The zero-order valence-electron chi connectivity index (χ0n) is 12.9. The van der Waals surface area contributed by atoms with E-state index in [-0.39, 0.29) is 0 Å². The number of rotatable bonds is 6. The number of benzene rings is 1. The van der Waals surface area contributed by atoms with Gasteiger partial charge in [-0.2, -0.15) is 4.68 Å². The molecule has 122 valence electrons. The standard InChI is InChI=1S/C15H18N4O4/c1-3-6-12(13(20)16-9(2)15(22)23)19-14(21)10-7-4-5-8-11(10)17-18-19/h4-5,7-9,12H,3,6H2,1-2H3,(H,16,20)(H,22,23)/t9-,12-/m0/s1. The number of carboxylic acids is 1. The van der Waals surface area contributed by atoms with E-state index in [0.29, 0.717) is 23.7 Å². The van der Waals surface area contributed by atoms with Crippen molar-refractivity contribution >= 4 is 22.8 Å². The monoisotopic (exact) mass is 318 g/mol. The van der Waals surface area contributed by atoms with Crippen LogP contribution in [0.15, 0.2) is 29.1 Å². The fraction of sp³-hybridized carbons (Fsp3) is 0.400. The number of aliphatic carboxylic acids is 1. The Labute approximate surface area is 132 Å². The van der Waals surface area contributed by atoms with Gasteiger partial charge >= 0.3 is 5.97 Å². The van der Waals surface area contributed by atoms with Crippen LogP contribution < -0.4 is 10.9 Å². The summed E-state index contributed by atoms with van der Waals surface area (Å²) in [5.74, 6) is -1.71. The first-order valence-electron chi connectivity index (χ1n) is 7.33. The molecule has 1 amide bonds. The Bertz CT molecular complexity index is 786. The van der Waals surface area contributed by atoms with Crippen LogP contribution in [0.5, 0.6) is 0 Å². The molecule has 1 aromatic heterocycles. The van der Waals surface area contributed by atoms with Crippen molar-refractivity contribution < 1.29 is 14.7 Å². The Morgan fingerprint density at radius 1 is 1.35 bits per heavy atom. The minimum Gasteiger partial charge on any atom is -0.480 e. The number of nitrogens with one attached hydrogen (secondary N) is 1. The van der Waals surface area contributed by atoms with Crippen molar-refractivity contribution in [1.82, 2.24) is 20.3 Å². The molecule has 0 aliphatic carbocycles. The van der Waals surface area contributed by atoms with Crippen LogP contribution in [0.1, 0.15) is 32.7 Å². The lowest BCUT2D eigenvalue weighted by Gasteiger charge is -2.18. The fourth-order valence-corrected chi connectivity index (χ4v) is 2.22. The van der Waals surface area contributed by atoms with Crippen molar-refractivity contribution in [3.05, 3.63) is 34.6 Å². The van der Waals surface area contributed by atoms with Crippen LogP contribution in [0, 0.1) is 0 Å². The number of amides is 1. The molecular formula is C15H18N4O4. The van der Waals surface area contributed by atoms with Gasteiger partial charge in [0.1, 0.15) is 17.6 Å². The largest absolute Gasteiger partial charge is 0.480 e. The Kier molecular flexibility index (Phi) is 5.05. The maximum absolute atomic E-state index is 12.5. The Morgan fingerprint density at radius 2 is 2.04 bits per heavy atom. The molecule has 0 aliphatic rings. The van der Waals surface area contributed by atoms with Crippen LogP contribution in [-0.4, -0.2) is 38.0 Å². The molecule has 0 spiro atoms. The first-order chi connectivity index (χ1) is 11.0. The van der Waals surface area contributed by atoms with E-state index in [1.54, 1.807) is 24.3 Å². The quantitative estimate of drug-likeness (QED) is 0.811. The maximum Gasteiger partial charge on any atom is 0.325 e. The molecule has 0 radical (unpaired) electrons. The number of carbonyl (C=O) groups is 2.